The third-order valence-electron chi connectivity index (χ3n) is 3.78. The molecule has 0 atom stereocenters. The number of carboxylic acid groups (broad SMARTS) is 3. The highest BCUT2D eigenvalue weighted by atomic mass is 16.5. The van der Waals surface area contributed by atoms with Gasteiger partial charge in [0.15, 0.2) is 0 Å². The fourth-order valence-electron chi connectivity index (χ4n) is 2.23. The van der Waals surface area contributed by atoms with E-state index in [0.29, 0.717) is 18.6 Å². The van der Waals surface area contributed by atoms with Gasteiger partial charge in [-0.3, -0.25) is 14.4 Å². The van der Waals surface area contributed by atoms with Crippen LogP contribution in [0.5, 0.6) is 0 Å². The Labute approximate surface area is 219 Å². The Hall–Kier alpha value is -5.55. The predicted octanol–water partition coefficient (Wildman–Crippen LogP) is -1.05. The first kappa shape index (κ1) is 31.5. The number of carbonyl (C=O) groups is 6. The van der Waals surface area contributed by atoms with E-state index in [4.69, 9.17) is 29.5 Å². The Kier molecular flexibility index (Phi) is 12.5. The van der Waals surface area contributed by atoms with Gasteiger partial charge in [-0.05, 0) is 20.8 Å². The normalized spacial score (nSPS) is 11.6. The Morgan fingerprint density at radius 2 is 0.795 bits per heavy atom. The summed E-state index contributed by atoms with van der Waals surface area (Å²) in [5, 5.41) is 33.3. The van der Waals surface area contributed by atoms with Crippen LogP contribution in [-0.4, -0.2) is 85.7 Å². The third-order valence-corrected chi connectivity index (χ3v) is 3.78. The van der Waals surface area contributed by atoms with E-state index in [1.54, 1.807) is 0 Å². The molecular weight excluding hydrogens is 528 g/mol. The van der Waals surface area contributed by atoms with Gasteiger partial charge in [-0.2, -0.15) is 15.0 Å². The van der Waals surface area contributed by atoms with Crippen LogP contribution in [0, 0.1) is 0 Å². The van der Waals surface area contributed by atoms with Crippen molar-refractivity contribution in [3.05, 3.63) is 53.4 Å². The van der Waals surface area contributed by atoms with Gasteiger partial charge in [-0.1, -0.05) is 0 Å². The summed E-state index contributed by atoms with van der Waals surface area (Å²) in [5.74, 6) is -12.7. The number of nitrogens with one attached hydrogen (secondary N) is 3. The van der Waals surface area contributed by atoms with E-state index in [9.17, 15) is 28.8 Å². The molecule has 18 nitrogen and oxygen atoms in total. The molecule has 0 bridgehead atoms. The van der Waals surface area contributed by atoms with Gasteiger partial charge in [-0.15, -0.1) is 0 Å². The van der Waals surface area contributed by atoms with E-state index in [1.165, 1.54) is 20.8 Å². The molecule has 0 aliphatic carbocycles. The summed E-state index contributed by atoms with van der Waals surface area (Å²) in [6.07, 6.45) is 2.02. The first-order valence-corrected chi connectivity index (χ1v) is 10.8. The van der Waals surface area contributed by atoms with E-state index in [2.05, 4.69) is 15.0 Å². The summed E-state index contributed by atoms with van der Waals surface area (Å²) in [7, 11) is 0. The van der Waals surface area contributed by atoms with E-state index < -0.39 is 70.4 Å². The average molecular weight is 552 g/mol. The summed E-state index contributed by atoms with van der Waals surface area (Å²) >= 11 is 0. The molecule has 0 aliphatic heterocycles. The second kappa shape index (κ2) is 15.5. The lowest BCUT2D eigenvalue weighted by molar-refractivity contribution is -0.137. The van der Waals surface area contributed by atoms with Gasteiger partial charge in [0.05, 0.1) is 38.4 Å². The topological polar surface area (TPSA) is 266 Å². The molecule has 1 rings (SSSR count). The van der Waals surface area contributed by atoms with E-state index in [-0.39, 0.29) is 19.8 Å². The zero-order valence-electron chi connectivity index (χ0n) is 20.7. The van der Waals surface area contributed by atoms with Crippen LogP contribution >= 0.6 is 0 Å². The molecule has 0 spiro atoms. The summed E-state index contributed by atoms with van der Waals surface area (Å²) in [6.45, 7) is 4.34. The highest BCUT2D eigenvalue weighted by Crippen LogP contribution is 2.03. The first-order chi connectivity index (χ1) is 18.4. The quantitative estimate of drug-likeness (QED) is 0.112. The number of amides is 3. The van der Waals surface area contributed by atoms with E-state index in [1.807, 2.05) is 16.0 Å². The van der Waals surface area contributed by atoms with Crippen LogP contribution in [0.2, 0.25) is 0 Å². The van der Waals surface area contributed by atoms with Crippen LogP contribution in [0.1, 0.15) is 52.6 Å². The maximum absolute atomic E-state index is 12.6. The molecule has 1 aromatic rings. The van der Waals surface area contributed by atoms with E-state index >= 15 is 0 Å². The Morgan fingerprint density at radius 1 is 0.564 bits per heavy atom. The maximum Gasteiger partial charge on any atom is 0.372 e. The number of nitrogens with zero attached hydrogens (tertiary/aromatic N) is 3. The highest BCUT2D eigenvalue weighted by Gasteiger charge is 2.22. The van der Waals surface area contributed by atoms with Crippen molar-refractivity contribution in [1.29, 1.82) is 0 Å². The molecule has 3 amide bonds. The van der Waals surface area contributed by atoms with Crippen molar-refractivity contribution in [2.24, 2.45) is 0 Å². The lowest BCUT2D eigenvalue weighted by atomic mass is 10.4. The number of hydrogen-bond acceptors (Lipinski definition) is 12. The van der Waals surface area contributed by atoms with Crippen molar-refractivity contribution in [1.82, 2.24) is 30.9 Å². The average Bonchev–Trinajstić information content (AvgIpc) is 2.89. The molecule has 0 aromatic carbocycles. The Bertz CT molecular complexity index is 1060. The molecule has 6 N–H and O–H groups in total. The number of carbonyl (C=O) groups excluding carboxylic acids is 3. The molecular formula is C21H24N6O12. The fraction of sp³-hybridized carbons (Fsp3) is 0.286. The number of carboxylic acids is 3. The summed E-state index contributed by atoms with van der Waals surface area (Å²) in [4.78, 5) is 82.0. The molecule has 0 aliphatic rings. The van der Waals surface area contributed by atoms with Crippen LogP contribution in [-0.2, 0) is 28.6 Å². The lowest BCUT2D eigenvalue weighted by Crippen LogP contribution is -2.31. The number of hydrogen-bond donors (Lipinski definition) is 6. The SMILES string of the molecule is CCOC(=CNC(=O)c1nc(C(=O)NC=C(OCC)C(=O)O)nc(C(=O)NC=C(OCC)C(=O)O)n1)C(=O)O. The number of rotatable bonds is 15. The van der Waals surface area contributed by atoms with E-state index in [0.717, 1.165) is 0 Å². The minimum absolute atomic E-state index is 0.0460. The van der Waals surface area contributed by atoms with Crippen LogP contribution in [0.25, 0.3) is 0 Å². The zero-order valence-corrected chi connectivity index (χ0v) is 20.7. The van der Waals surface area contributed by atoms with Crippen molar-refractivity contribution in [3.63, 3.8) is 0 Å². The molecule has 1 heterocycles. The number of ether oxygens (including phenoxy) is 3. The fourth-order valence-corrected chi connectivity index (χ4v) is 2.23. The predicted molar refractivity (Wildman–Crippen MR) is 124 cm³/mol. The van der Waals surface area contributed by atoms with Crippen LogP contribution in [0.3, 0.4) is 0 Å². The van der Waals surface area contributed by atoms with Gasteiger partial charge in [0.1, 0.15) is 0 Å². The first-order valence-electron chi connectivity index (χ1n) is 10.8. The molecule has 0 saturated heterocycles. The van der Waals surface area contributed by atoms with Gasteiger partial charge < -0.3 is 45.5 Å². The number of aliphatic carboxylic acids is 3. The molecule has 0 saturated carbocycles. The standard InChI is InChI=1S/C21H24N6O12/c1-4-37-10(19(31)32)7-22-16(28)13-25-14(17(29)23-8-11(20(33)34)38-5-2)27-15(26-13)18(30)24-9-12(21(35)36)39-6-3/h7-9H,4-6H2,1-3H3,(H,22,28)(H,23,29)(H,24,30)(H,31,32)(H,33,34)(H,35,36). The summed E-state index contributed by atoms with van der Waals surface area (Å²) in [6, 6.07) is 0. The maximum atomic E-state index is 12.6. The minimum atomic E-state index is -1.52. The van der Waals surface area contributed by atoms with Crippen molar-refractivity contribution in [3.8, 4) is 0 Å². The zero-order chi connectivity index (χ0) is 29.5. The Balaban J connectivity index is 3.46. The van der Waals surface area contributed by atoms with Crippen LogP contribution in [0.4, 0.5) is 0 Å². The monoisotopic (exact) mass is 552 g/mol. The molecule has 0 radical (unpaired) electrons. The minimum Gasteiger partial charge on any atom is -0.486 e. The molecule has 0 fully saturated rings. The van der Waals surface area contributed by atoms with Gasteiger partial charge in [0.25, 0.3) is 17.7 Å². The van der Waals surface area contributed by atoms with Crippen molar-refractivity contribution < 1.29 is 58.3 Å². The second-order valence-corrected chi connectivity index (χ2v) is 6.47. The van der Waals surface area contributed by atoms with Gasteiger partial charge in [0, 0.05) is 0 Å². The third kappa shape index (κ3) is 10.1. The summed E-state index contributed by atoms with van der Waals surface area (Å²) < 4.78 is 14.5. The second-order valence-electron chi connectivity index (χ2n) is 6.47. The molecule has 1 aromatic heterocycles. The largest absolute Gasteiger partial charge is 0.486 e. The van der Waals surface area contributed by atoms with Crippen LogP contribution < -0.4 is 16.0 Å². The smallest absolute Gasteiger partial charge is 0.372 e. The Morgan fingerprint density at radius 3 is 0.974 bits per heavy atom. The molecule has 0 unspecified atom stereocenters. The highest BCUT2D eigenvalue weighted by molar-refractivity contribution is 5.99. The lowest BCUT2D eigenvalue weighted by Gasteiger charge is -2.08. The van der Waals surface area contributed by atoms with Crippen molar-refractivity contribution in [2.45, 2.75) is 20.8 Å². The summed E-state index contributed by atoms with van der Waals surface area (Å²) in [5.41, 5.74) is 0. The van der Waals surface area contributed by atoms with Gasteiger partial charge in [0.2, 0.25) is 34.8 Å². The number of aromatic nitrogens is 3. The van der Waals surface area contributed by atoms with Crippen molar-refractivity contribution >= 4 is 35.6 Å². The molecule has 39 heavy (non-hydrogen) atoms. The van der Waals surface area contributed by atoms with Crippen molar-refractivity contribution in [2.75, 3.05) is 19.8 Å². The van der Waals surface area contributed by atoms with Gasteiger partial charge >= 0.3 is 17.9 Å². The molecule has 210 valence electrons. The van der Waals surface area contributed by atoms with Crippen LogP contribution in [0.15, 0.2) is 35.9 Å². The van der Waals surface area contributed by atoms with Gasteiger partial charge in [-0.25, -0.2) is 14.4 Å². The molecule has 18 heteroatoms.